The van der Waals surface area contributed by atoms with E-state index in [0.717, 1.165) is 6.26 Å². The number of carbonyl (C=O) groups excluding carboxylic acids is 1. The first-order valence-corrected chi connectivity index (χ1v) is 8.30. The van der Waals surface area contributed by atoms with Crippen LogP contribution in [-0.2, 0) is 10.0 Å². The summed E-state index contributed by atoms with van der Waals surface area (Å²) in [7, 11) is -3.50. The normalized spacial score (nSPS) is 11.0. The molecule has 2 rings (SSSR count). The van der Waals surface area contributed by atoms with Gasteiger partial charge in [0.15, 0.2) is 0 Å². The maximum atomic E-state index is 13.1. The molecule has 0 bridgehead atoms. The van der Waals surface area contributed by atoms with Gasteiger partial charge in [-0.25, -0.2) is 12.8 Å². The van der Waals surface area contributed by atoms with Gasteiger partial charge in [0.2, 0.25) is 10.0 Å². The zero-order chi connectivity index (χ0) is 16.3. The van der Waals surface area contributed by atoms with Crippen molar-refractivity contribution in [3.63, 3.8) is 0 Å². The van der Waals surface area contributed by atoms with E-state index < -0.39 is 21.7 Å². The molecule has 0 saturated carbocycles. The zero-order valence-corrected chi connectivity index (χ0v) is 12.9. The SMILES string of the molecule is Cc1cc(F)ccc1NC(=O)c1ccccc1NS(C)(=O)=O. The lowest BCUT2D eigenvalue weighted by atomic mass is 10.1. The maximum Gasteiger partial charge on any atom is 0.257 e. The van der Waals surface area contributed by atoms with Crippen molar-refractivity contribution >= 4 is 27.3 Å². The van der Waals surface area contributed by atoms with Crippen molar-refractivity contribution in [1.29, 1.82) is 0 Å². The predicted molar refractivity (Wildman–Crippen MR) is 84.0 cm³/mol. The molecular formula is C15H15FN2O3S. The standard InChI is InChI=1S/C15H15FN2O3S/c1-10-9-11(16)7-8-13(10)17-15(19)12-5-3-4-6-14(12)18-22(2,20)21/h3-9,18H,1-2H3,(H,17,19). The Labute approximate surface area is 128 Å². The van der Waals surface area contributed by atoms with Crippen molar-refractivity contribution in [2.75, 3.05) is 16.3 Å². The Kier molecular flexibility index (Phi) is 4.46. The van der Waals surface area contributed by atoms with Gasteiger partial charge in [0.25, 0.3) is 5.91 Å². The van der Waals surface area contributed by atoms with Crippen LogP contribution in [-0.4, -0.2) is 20.6 Å². The van der Waals surface area contributed by atoms with Crippen LogP contribution in [0, 0.1) is 12.7 Å². The number of benzene rings is 2. The first-order valence-electron chi connectivity index (χ1n) is 6.40. The summed E-state index contributed by atoms with van der Waals surface area (Å²) < 4.78 is 38.0. The Hall–Kier alpha value is -2.41. The van der Waals surface area contributed by atoms with Gasteiger partial charge < -0.3 is 5.32 Å². The minimum atomic E-state index is -3.50. The average Bonchev–Trinajstić information content (AvgIpc) is 2.40. The number of nitrogens with one attached hydrogen (secondary N) is 2. The molecule has 22 heavy (non-hydrogen) atoms. The molecule has 0 atom stereocenters. The topological polar surface area (TPSA) is 75.3 Å². The van der Waals surface area contributed by atoms with Crippen LogP contribution in [0.4, 0.5) is 15.8 Å². The highest BCUT2D eigenvalue weighted by Gasteiger charge is 2.14. The molecule has 0 aliphatic carbocycles. The van der Waals surface area contributed by atoms with Crippen LogP contribution in [0.15, 0.2) is 42.5 Å². The monoisotopic (exact) mass is 322 g/mol. The summed E-state index contributed by atoms with van der Waals surface area (Å²) in [6.45, 7) is 1.67. The minimum absolute atomic E-state index is 0.177. The van der Waals surface area contributed by atoms with Crippen LogP contribution < -0.4 is 10.0 Å². The van der Waals surface area contributed by atoms with Crippen molar-refractivity contribution in [3.05, 3.63) is 59.4 Å². The van der Waals surface area contributed by atoms with Gasteiger partial charge in [-0.1, -0.05) is 12.1 Å². The molecule has 0 aliphatic heterocycles. The van der Waals surface area contributed by atoms with E-state index in [1.807, 2.05) is 0 Å². The van der Waals surface area contributed by atoms with Crippen LogP contribution >= 0.6 is 0 Å². The summed E-state index contributed by atoms with van der Waals surface area (Å²) in [5, 5.41) is 2.64. The van der Waals surface area contributed by atoms with Gasteiger partial charge in [-0.15, -0.1) is 0 Å². The number of hydrogen-bond acceptors (Lipinski definition) is 3. The Morgan fingerprint density at radius 1 is 1.09 bits per heavy atom. The molecule has 0 saturated heterocycles. The van der Waals surface area contributed by atoms with E-state index in [-0.39, 0.29) is 11.3 Å². The number of para-hydroxylation sites is 1. The summed E-state index contributed by atoms with van der Waals surface area (Å²) in [6, 6.07) is 10.2. The summed E-state index contributed by atoms with van der Waals surface area (Å²) in [5.74, 6) is -0.879. The highest BCUT2D eigenvalue weighted by Crippen LogP contribution is 2.20. The quantitative estimate of drug-likeness (QED) is 0.909. The van der Waals surface area contributed by atoms with Gasteiger partial charge in [-0.2, -0.15) is 0 Å². The van der Waals surface area contributed by atoms with Crippen LogP contribution in [0.5, 0.6) is 0 Å². The molecule has 5 nitrogen and oxygen atoms in total. The fourth-order valence-corrected chi connectivity index (χ4v) is 2.50. The molecule has 0 radical (unpaired) electrons. The second-order valence-corrected chi connectivity index (χ2v) is 6.58. The zero-order valence-electron chi connectivity index (χ0n) is 12.1. The number of rotatable bonds is 4. The number of hydrogen-bond donors (Lipinski definition) is 2. The van der Waals surface area contributed by atoms with E-state index in [4.69, 9.17) is 0 Å². The van der Waals surface area contributed by atoms with Crippen molar-refractivity contribution in [1.82, 2.24) is 0 Å². The van der Waals surface area contributed by atoms with Gasteiger partial charge in [0.1, 0.15) is 5.82 Å². The third kappa shape index (κ3) is 4.05. The highest BCUT2D eigenvalue weighted by molar-refractivity contribution is 7.92. The second kappa shape index (κ2) is 6.15. The summed E-state index contributed by atoms with van der Waals surface area (Å²) in [5.41, 5.74) is 1.39. The van der Waals surface area contributed by atoms with Gasteiger partial charge in [0, 0.05) is 5.69 Å². The molecule has 0 heterocycles. The van der Waals surface area contributed by atoms with Crippen molar-refractivity contribution in [3.8, 4) is 0 Å². The van der Waals surface area contributed by atoms with Crippen LogP contribution in [0.25, 0.3) is 0 Å². The molecule has 0 spiro atoms. The fraction of sp³-hybridized carbons (Fsp3) is 0.133. The lowest BCUT2D eigenvalue weighted by Gasteiger charge is -2.12. The lowest BCUT2D eigenvalue weighted by Crippen LogP contribution is -2.17. The average molecular weight is 322 g/mol. The molecule has 0 aromatic heterocycles. The van der Waals surface area contributed by atoms with Crippen LogP contribution in [0.2, 0.25) is 0 Å². The molecule has 1 amide bonds. The Bertz CT molecular complexity index is 819. The molecule has 0 fully saturated rings. The van der Waals surface area contributed by atoms with Crippen molar-refractivity contribution in [2.45, 2.75) is 6.92 Å². The molecular weight excluding hydrogens is 307 g/mol. The van der Waals surface area contributed by atoms with E-state index in [1.165, 1.54) is 30.3 Å². The predicted octanol–water partition coefficient (Wildman–Crippen LogP) is 2.76. The molecule has 2 N–H and O–H groups in total. The molecule has 116 valence electrons. The first-order chi connectivity index (χ1) is 10.3. The third-order valence-electron chi connectivity index (χ3n) is 2.90. The number of amides is 1. The molecule has 2 aromatic carbocycles. The molecule has 7 heteroatoms. The lowest BCUT2D eigenvalue weighted by molar-refractivity contribution is 0.102. The number of halogens is 1. The van der Waals surface area contributed by atoms with E-state index in [0.29, 0.717) is 11.3 Å². The number of carbonyl (C=O) groups is 1. The van der Waals surface area contributed by atoms with Gasteiger partial charge in [-0.05, 0) is 42.8 Å². The number of sulfonamides is 1. The summed E-state index contributed by atoms with van der Waals surface area (Å²) in [4.78, 5) is 12.3. The highest BCUT2D eigenvalue weighted by atomic mass is 32.2. The van der Waals surface area contributed by atoms with Crippen molar-refractivity contribution in [2.24, 2.45) is 0 Å². The fourth-order valence-electron chi connectivity index (χ4n) is 1.93. The second-order valence-electron chi connectivity index (χ2n) is 4.83. The van der Waals surface area contributed by atoms with Crippen LogP contribution in [0.3, 0.4) is 0 Å². The maximum absolute atomic E-state index is 13.1. The third-order valence-corrected chi connectivity index (χ3v) is 3.49. The number of aryl methyl sites for hydroxylation is 1. The van der Waals surface area contributed by atoms with E-state index in [9.17, 15) is 17.6 Å². The number of anilines is 2. The molecule has 0 aliphatic rings. The largest absolute Gasteiger partial charge is 0.322 e. The van der Waals surface area contributed by atoms with Crippen molar-refractivity contribution < 1.29 is 17.6 Å². The van der Waals surface area contributed by atoms with Gasteiger partial charge in [-0.3, -0.25) is 9.52 Å². The smallest absolute Gasteiger partial charge is 0.257 e. The summed E-state index contributed by atoms with van der Waals surface area (Å²) >= 11 is 0. The first kappa shape index (κ1) is 16.0. The Morgan fingerprint density at radius 3 is 2.41 bits per heavy atom. The summed E-state index contributed by atoms with van der Waals surface area (Å²) in [6.07, 6.45) is 1.01. The van der Waals surface area contributed by atoms with E-state index in [2.05, 4.69) is 10.0 Å². The van der Waals surface area contributed by atoms with E-state index >= 15 is 0 Å². The van der Waals surface area contributed by atoms with Gasteiger partial charge in [0.05, 0.1) is 17.5 Å². The minimum Gasteiger partial charge on any atom is -0.322 e. The van der Waals surface area contributed by atoms with Crippen LogP contribution in [0.1, 0.15) is 15.9 Å². The van der Waals surface area contributed by atoms with Gasteiger partial charge >= 0.3 is 0 Å². The molecule has 0 unspecified atom stereocenters. The Morgan fingerprint density at radius 2 is 1.77 bits per heavy atom. The Balaban J connectivity index is 2.30. The van der Waals surface area contributed by atoms with E-state index in [1.54, 1.807) is 19.1 Å². The molecule has 2 aromatic rings.